The third kappa shape index (κ3) is 5.59. The van der Waals surface area contributed by atoms with Crippen LogP contribution in [-0.4, -0.2) is 24.1 Å². The minimum Gasteiger partial charge on any atom is -0.489 e. The van der Waals surface area contributed by atoms with Gasteiger partial charge >= 0.3 is 5.97 Å². The third-order valence-corrected chi connectivity index (χ3v) is 3.38. The van der Waals surface area contributed by atoms with Gasteiger partial charge in [-0.3, -0.25) is 10.1 Å². The molecule has 6 nitrogen and oxygen atoms in total. The van der Waals surface area contributed by atoms with Crippen molar-refractivity contribution in [2.75, 3.05) is 13.2 Å². The number of rotatable bonds is 8. The highest BCUT2D eigenvalue weighted by Crippen LogP contribution is 2.21. The number of hydrogen-bond donors (Lipinski definition) is 0. The van der Waals surface area contributed by atoms with Gasteiger partial charge < -0.3 is 9.47 Å². The lowest BCUT2D eigenvalue weighted by molar-refractivity contribution is -0.384. The van der Waals surface area contributed by atoms with Crippen LogP contribution in [0.5, 0.6) is 0 Å². The number of carbonyl (C=O) groups excluding carboxylic acids is 1. The summed E-state index contributed by atoms with van der Waals surface area (Å²) in [5.74, 6) is 0.111. The fourth-order valence-corrected chi connectivity index (χ4v) is 2.06. The van der Waals surface area contributed by atoms with Crippen molar-refractivity contribution in [3.8, 4) is 0 Å². The predicted molar refractivity (Wildman–Crippen MR) is 99.1 cm³/mol. The molecule has 0 unspecified atom stereocenters. The van der Waals surface area contributed by atoms with Crippen LogP contribution in [-0.2, 0) is 14.3 Å². The van der Waals surface area contributed by atoms with Crippen LogP contribution < -0.4 is 0 Å². The van der Waals surface area contributed by atoms with Crippen molar-refractivity contribution in [2.45, 2.75) is 6.92 Å². The van der Waals surface area contributed by atoms with E-state index in [-0.39, 0.29) is 18.9 Å². The second-order valence-electron chi connectivity index (χ2n) is 5.49. The molecule has 2 rings (SSSR count). The first-order valence-electron chi connectivity index (χ1n) is 7.94. The zero-order valence-corrected chi connectivity index (χ0v) is 14.4. The van der Waals surface area contributed by atoms with Gasteiger partial charge in [0.1, 0.15) is 19.0 Å². The lowest BCUT2D eigenvalue weighted by Gasteiger charge is -2.11. The number of benzene rings is 2. The van der Waals surface area contributed by atoms with Crippen LogP contribution in [0.4, 0.5) is 5.69 Å². The summed E-state index contributed by atoms with van der Waals surface area (Å²) < 4.78 is 10.8. The molecule has 6 heteroatoms. The predicted octanol–water partition coefficient (Wildman–Crippen LogP) is 4.23. The number of nitrogens with zero attached hydrogens (tertiary/aromatic N) is 1. The average Bonchev–Trinajstić information content (AvgIpc) is 2.65. The van der Waals surface area contributed by atoms with Crippen molar-refractivity contribution in [3.63, 3.8) is 0 Å². The normalized spacial score (nSPS) is 10.9. The molecule has 0 aromatic heterocycles. The van der Waals surface area contributed by atoms with Crippen molar-refractivity contribution in [3.05, 3.63) is 88.0 Å². The molecule has 26 heavy (non-hydrogen) atoms. The summed E-state index contributed by atoms with van der Waals surface area (Å²) in [6.07, 6.45) is 1.78. The Morgan fingerprint density at radius 3 is 2.27 bits per heavy atom. The standard InChI is InChI=1S/C20H19NO5/c1-15(2)20(22)26-13-12-25-19(17-6-4-3-5-7-17)14-16-8-10-18(11-9-16)21(23)24/h3-11,14H,1,12-13H2,2H3. The number of nitro groups is 1. The molecule has 0 heterocycles. The largest absolute Gasteiger partial charge is 0.489 e. The molecule has 0 bridgehead atoms. The molecule has 2 aromatic rings. The number of ether oxygens (including phenoxy) is 2. The third-order valence-electron chi connectivity index (χ3n) is 3.38. The highest BCUT2D eigenvalue weighted by Gasteiger charge is 2.07. The van der Waals surface area contributed by atoms with Gasteiger partial charge in [-0.1, -0.05) is 36.9 Å². The van der Waals surface area contributed by atoms with Crippen LogP contribution in [0.2, 0.25) is 0 Å². The molecule has 0 N–H and O–H groups in total. The first kappa shape index (κ1) is 18.9. The molecule has 0 saturated heterocycles. The Balaban J connectivity index is 2.12. The summed E-state index contributed by atoms with van der Waals surface area (Å²) >= 11 is 0. The van der Waals surface area contributed by atoms with Gasteiger partial charge in [0.25, 0.3) is 5.69 Å². The van der Waals surface area contributed by atoms with E-state index in [9.17, 15) is 14.9 Å². The molecule has 0 aliphatic heterocycles. The number of carbonyl (C=O) groups is 1. The van der Waals surface area contributed by atoms with Gasteiger partial charge in [0.15, 0.2) is 0 Å². The maximum Gasteiger partial charge on any atom is 0.333 e. The second-order valence-corrected chi connectivity index (χ2v) is 5.49. The van der Waals surface area contributed by atoms with E-state index >= 15 is 0 Å². The van der Waals surface area contributed by atoms with Crippen molar-refractivity contribution in [1.82, 2.24) is 0 Å². The van der Waals surface area contributed by atoms with E-state index in [0.29, 0.717) is 11.3 Å². The summed E-state index contributed by atoms with van der Waals surface area (Å²) in [5, 5.41) is 10.8. The lowest BCUT2D eigenvalue weighted by Crippen LogP contribution is -2.10. The Morgan fingerprint density at radius 2 is 1.69 bits per heavy atom. The Kier molecular flexibility index (Phi) is 6.68. The maximum atomic E-state index is 11.4. The van der Waals surface area contributed by atoms with E-state index in [4.69, 9.17) is 9.47 Å². The van der Waals surface area contributed by atoms with Gasteiger partial charge in [-0.15, -0.1) is 0 Å². The molecule has 2 aromatic carbocycles. The summed E-state index contributed by atoms with van der Waals surface area (Å²) in [7, 11) is 0. The van der Waals surface area contributed by atoms with Gasteiger partial charge in [0.2, 0.25) is 0 Å². The molecule has 134 valence electrons. The van der Waals surface area contributed by atoms with Crippen molar-refractivity contribution < 1.29 is 19.2 Å². The van der Waals surface area contributed by atoms with Gasteiger partial charge in [0.05, 0.1) is 4.92 Å². The quantitative estimate of drug-likeness (QED) is 0.135. The fourth-order valence-electron chi connectivity index (χ4n) is 2.06. The lowest BCUT2D eigenvalue weighted by atomic mass is 10.1. The molecule has 0 fully saturated rings. The SMILES string of the molecule is C=C(C)C(=O)OCCOC(=Cc1ccc([N+](=O)[O-])cc1)c1ccccc1. The Labute approximate surface area is 151 Å². The molecule has 0 radical (unpaired) electrons. The van der Waals surface area contributed by atoms with Crippen LogP contribution in [0.25, 0.3) is 11.8 Å². The molecule has 0 aliphatic rings. The van der Waals surface area contributed by atoms with E-state index in [1.165, 1.54) is 12.1 Å². The maximum absolute atomic E-state index is 11.4. The Bertz CT molecular complexity index is 810. The van der Waals surface area contributed by atoms with Gasteiger partial charge in [-0.05, 0) is 30.7 Å². The van der Waals surface area contributed by atoms with Gasteiger partial charge in [-0.25, -0.2) is 4.79 Å². The number of esters is 1. The van der Waals surface area contributed by atoms with E-state index < -0.39 is 10.9 Å². The molecule has 0 atom stereocenters. The zero-order valence-electron chi connectivity index (χ0n) is 14.4. The minimum atomic E-state index is -0.464. The smallest absolute Gasteiger partial charge is 0.333 e. The molecule has 0 spiro atoms. The van der Waals surface area contributed by atoms with Crippen molar-refractivity contribution in [2.24, 2.45) is 0 Å². The number of non-ortho nitro benzene ring substituents is 1. The first-order valence-corrected chi connectivity index (χ1v) is 7.94. The summed E-state index contributed by atoms with van der Waals surface area (Å²) in [4.78, 5) is 21.7. The van der Waals surface area contributed by atoms with Crippen LogP contribution in [0.3, 0.4) is 0 Å². The summed E-state index contributed by atoms with van der Waals surface area (Å²) in [6.45, 7) is 5.36. The van der Waals surface area contributed by atoms with E-state index in [1.807, 2.05) is 30.3 Å². The number of hydrogen-bond acceptors (Lipinski definition) is 5. The first-order chi connectivity index (χ1) is 12.5. The van der Waals surface area contributed by atoms with Gasteiger partial charge in [-0.2, -0.15) is 0 Å². The minimum absolute atomic E-state index is 0.0241. The molecule has 0 aliphatic carbocycles. The average molecular weight is 353 g/mol. The monoisotopic (exact) mass is 353 g/mol. The molecular formula is C20H19NO5. The van der Waals surface area contributed by atoms with E-state index in [1.54, 1.807) is 25.1 Å². The Hall–Kier alpha value is -3.41. The van der Waals surface area contributed by atoms with Crippen LogP contribution in [0.15, 0.2) is 66.7 Å². The molecule has 0 saturated carbocycles. The molecular weight excluding hydrogens is 334 g/mol. The zero-order chi connectivity index (χ0) is 18.9. The topological polar surface area (TPSA) is 78.7 Å². The van der Waals surface area contributed by atoms with Crippen molar-refractivity contribution >= 4 is 23.5 Å². The molecule has 0 amide bonds. The second kappa shape index (κ2) is 9.17. The summed E-state index contributed by atoms with van der Waals surface area (Å²) in [6, 6.07) is 15.6. The highest BCUT2D eigenvalue weighted by atomic mass is 16.6. The fraction of sp³-hybridized carbons (Fsp3) is 0.150. The Morgan fingerprint density at radius 1 is 1.08 bits per heavy atom. The summed E-state index contributed by atoms with van der Waals surface area (Å²) in [5.41, 5.74) is 1.95. The van der Waals surface area contributed by atoms with E-state index in [2.05, 4.69) is 6.58 Å². The van der Waals surface area contributed by atoms with Crippen LogP contribution >= 0.6 is 0 Å². The number of nitro benzene ring substituents is 1. The van der Waals surface area contributed by atoms with Crippen LogP contribution in [0.1, 0.15) is 18.1 Å². The van der Waals surface area contributed by atoms with E-state index in [0.717, 1.165) is 11.1 Å². The highest BCUT2D eigenvalue weighted by molar-refractivity contribution is 5.86. The van der Waals surface area contributed by atoms with Crippen molar-refractivity contribution in [1.29, 1.82) is 0 Å². The van der Waals surface area contributed by atoms with Crippen LogP contribution in [0, 0.1) is 10.1 Å². The van der Waals surface area contributed by atoms with Gasteiger partial charge in [0, 0.05) is 23.3 Å².